The van der Waals surface area contributed by atoms with Crippen molar-refractivity contribution in [1.29, 1.82) is 0 Å². The number of fused-ring (bicyclic) bond motifs is 1. The summed E-state index contributed by atoms with van der Waals surface area (Å²) >= 11 is 0. The van der Waals surface area contributed by atoms with Gasteiger partial charge in [0, 0.05) is 6.07 Å². The van der Waals surface area contributed by atoms with Crippen molar-refractivity contribution in [2.75, 3.05) is 13.2 Å². The number of aromatic carboxylic acids is 1. The van der Waals surface area contributed by atoms with Crippen molar-refractivity contribution >= 4 is 5.97 Å². The second kappa shape index (κ2) is 4.20. The number of benzene rings is 1. The predicted octanol–water partition coefficient (Wildman–Crippen LogP) is 1.52. The number of hydrogen-bond acceptors (Lipinski definition) is 6. The Bertz CT molecular complexity index is 648. The maximum Gasteiger partial charge on any atom is 0.358 e. The minimum Gasteiger partial charge on any atom is -0.504 e. The third-order valence-corrected chi connectivity index (χ3v) is 2.68. The zero-order chi connectivity index (χ0) is 13.4. The molecule has 0 fully saturated rings. The maximum atomic E-state index is 10.7. The number of rotatable bonds is 2. The fourth-order valence-corrected chi connectivity index (χ4v) is 1.80. The lowest BCUT2D eigenvalue weighted by Gasteiger charge is -2.19. The van der Waals surface area contributed by atoms with Gasteiger partial charge in [0.15, 0.2) is 23.0 Å². The molecule has 1 aromatic heterocycles. The van der Waals surface area contributed by atoms with Crippen molar-refractivity contribution in [2.24, 2.45) is 0 Å². The van der Waals surface area contributed by atoms with Gasteiger partial charge in [-0.3, -0.25) is 0 Å². The molecule has 0 aliphatic carbocycles. The van der Waals surface area contributed by atoms with Gasteiger partial charge < -0.3 is 24.2 Å². The van der Waals surface area contributed by atoms with Gasteiger partial charge in [-0.2, -0.15) is 0 Å². The Hall–Kier alpha value is -2.70. The van der Waals surface area contributed by atoms with Crippen LogP contribution in [0.3, 0.4) is 0 Å². The van der Waals surface area contributed by atoms with E-state index in [4.69, 9.17) is 19.1 Å². The minimum atomic E-state index is -1.20. The highest BCUT2D eigenvalue weighted by Gasteiger charge is 2.22. The highest BCUT2D eigenvalue weighted by molar-refractivity contribution is 5.87. The van der Waals surface area contributed by atoms with Crippen molar-refractivity contribution in [3.8, 4) is 28.6 Å². The van der Waals surface area contributed by atoms with E-state index in [0.29, 0.717) is 24.5 Å². The fourth-order valence-electron chi connectivity index (χ4n) is 1.80. The summed E-state index contributed by atoms with van der Waals surface area (Å²) in [6.07, 6.45) is 0. The van der Waals surface area contributed by atoms with Gasteiger partial charge in [0.05, 0.1) is 5.56 Å². The van der Waals surface area contributed by atoms with Crippen molar-refractivity contribution < 1.29 is 29.0 Å². The smallest absolute Gasteiger partial charge is 0.358 e. The lowest BCUT2D eigenvalue weighted by atomic mass is 10.1. The Balaban J connectivity index is 2.07. The summed E-state index contributed by atoms with van der Waals surface area (Å²) in [5, 5.41) is 22.3. The summed E-state index contributed by atoms with van der Waals surface area (Å²) in [7, 11) is 0. The summed E-state index contributed by atoms with van der Waals surface area (Å²) < 4.78 is 15.5. The van der Waals surface area contributed by atoms with Gasteiger partial charge >= 0.3 is 5.97 Å². The first-order valence-corrected chi connectivity index (χ1v) is 5.49. The van der Waals surface area contributed by atoms with Gasteiger partial charge in [0.2, 0.25) is 5.75 Å². The number of nitrogens with zero attached hydrogens (tertiary/aromatic N) is 1. The molecule has 0 unspecified atom stereocenters. The molecule has 0 saturated carbocycles. The van der Waals surface area contributed by atoms with Crippen molar-refractivity contribution in [2.45, 2.75) is 0 Å². The Kier molecular flexibility index (Phi) is 2.52. The Morgan fingerprint density at radius 2 is 2.05 bits per heavy atom. The van der Waals surface area contributed by atoms with Crippen LogP contribution in [0.1, 0.15) is 10.5 Å². The van der Waals surface area contributed by atoms with E-state index in [1.54, 1.807) is 12.1 Å². The molecule has 0 spiro atoms. The minimum absolute atomic E-state index is 0.145. The highest BCUT2D eigenvalue weighted by Crippen LogP contribution is 2.44. The number of aromatic hydroxyl groups is 1. The van der Waals surface area contributed by atoms with Gasteiger partial charge in [0.1, 0.15) is 13.2 Å². The molecule has 0 amide bonds. The summed E-state index contributed by atoms with van der Waals surface area (Å²) in [6.45, 7) is 0.748. The van der Waals surface area contributed by atoms with Gasteiger partial charge in [-0.1, -0.05) is 5.16 Å². The molecule has 0 radical (unpaired) electrons. The average Bonchev–Trinajstić information content (AvgIpc) is 2.89. The van der Waals surface area contributed by atoms with Crippen LogP contribution in [-0.2, 0) is 0 Å². The Morgan fingerprint density at radius 1 is 1.26 bits per heavy atom. The second-order valence-electron chi connectivity index (χ2n) is 3.87. The van der Waals surface area contributed by atoms with E-state index in [-0.39, 0.29) is 23.0 Å². The SMILES string of the molecule is O=C(O)c1cc(-c2ccc3c(c2O)OCCO3)on1. The molecule has 1 aromatic carbocycles. The van der Waals surface area contributed by atoms with Crippen molar-refractivity contribution in [3.63, 3.8) is 0 Å². The molecule has 0 bridgehead atoms. The van der Waals surface area contributed by atoms with E-state index in [9.17, 15) is 9.90 Å². The number of ether oxygens (including phenoxy) is 2. The zero-order valence-corrected chi connectivity index (χ0v) is 9.62. The molecule has 0 saturated heterocycles. The number of aromatic nitrogens is 1. The topological polar surface area (TPSA) is 102 Å². The van der Waals surface area contributed by atoms with Gasteiger partial charge in [-0.15, -0.1) is 0 Å². The quantitative estimate of drug-likeness (QED) is 0.846. The van der Waals surface area contributed by atoms with Gasteiger partial charge in [-0.05, 0) is 12.1 Å². The number of carbonyl (C=O) groups is 1. The number of phenols is 1. The molecule has 7 nitrogen and oxygen atoms in total. The third-order valence-electron chi connectivity index (χ3n) is 2.68. The van der Waals surface area contributed by atoms with Crippen molar-refractivity contribution in [1.82, 2.24) is 5.16 Å². The molecule has 0 atom stereocenters. The zero-order valence-electron chi connectivity index (χ0n) is 9.62. The van der Waals surface area contributed by atoms with E-state index in [1.807, 2.05) is 0 Å². The molecule has 19 heavy (non-hydrogen) atoms. The second-order valence-corrected chi connectivity index (χ2v) is 3.87. The van der Waals surface area contributed by atoms with Crippen molar-refractivity contribution in [3.05, 3.63) is 23.9 Å². The highest BCUT2D eigenvalue weighted by atomic mass is 16.6. The van der Waals surface area contributed by atoms with Gasteiger partial charge in [-0.25, -0.2) is 4.79 Å². The molecule has 2 heterocycles. The summed E-state index contributed by atoms with van der Waals surface area (Å²) in [5.74, 6) is -0.563. The number of phenolic OH excluding ortho intramolecular Hbond substituents is 1. The van der Waals surface area contributed by atoms with Crippen LogP contribution >= 0.6 is 0 Å². The molecule has 98 valence electrons. The summed E-state index contributed by atoms with van der Waals surface area (Å²) in [4.78, 5) is 10.7. The fraction of sp³-hybridized carbons (Fsp3) is 0.167. The van der Waals surface area contributed by atoms with Crippen LogP contribution in [0.15, 0.2) is 22.7 Å². The molecule has 1 aliphatic rings. The summed E-state index contributed by atoms with van der Waals surface area (Å²) in [5.41, 5.74) is 0.0635. The van der Waals surface area contributed by atoms with E-state index >= 15 is 0 Å². The maximum absolute atomic E-state index is 10.7. The standard InChI is InChI=1S/C12H9NO6/c14-10-6(9-5-7(12(15)16)13-19-9)1-2-8-11(10)18-4-3-17-8/h1-2,5,14H,3-4H2,(H,15,16). The monoisotopic (exact) mass is 263 g/mol. The molecule has 2 N–H and O–H groups in total. The van der Waals surface area contributed by atoms with Crippen LogP contribution < -0.4 is 9.47 Å². The first-order valence-electron chi connectivity index (χ1n) is 5.49. The number of hydrogen-bond donors (Lipinski definition) is 2. The predicted molar refractivity (Wildman–Crippen MR) is 61.6 cm³/mol. The first-order chi connectivity index (χ1) is 9.16. The largest absolute Gasteiger partial charge is 0.504 e. The first kappa shape index (κ1) is 11.4. The van der Waals surface area contributed by atoms with E-state index < -0.39 is 5.97 Å². The van der Waals surface area contributed by atoms with Crippen LogP contribution in [0.25, 0.3) is 11.3 Å². The van der Waals surface area contributed by atoms with E-state index in [1.165, 1.54) is 6.07 Å². The summed E-state index contributed by atoms with van der Waals surface area (Å²) in [6, 6.07) is 4.40. The molecule has 1 aliphatic heterocycles. The van der Waals surface area contributed by atoms with Crippen LogP contribution in [0.2, 0.25) is 0 Å². The number of carboxylic acids is 1. The van der Waals surface area contributed by atoms with Crippen LogP contribution in [0, 0.1) is 0 Å². The molecule has 7 heteroatoms. The molecular weight excluding hydrogens is 254 g/mol. The van der Waals surface area contributed by atoms with Crippen LogP contribution in [0.5, 0.6) is 17.2 Å². The van der Waals surface area contributed by atoms with E-state index in [0.717, 1.165) is 0 Å². The lowest BCUT2D eigenvalue weighted by Crippen LogP contribution is -2.15. The Morgan fingerprint density at radius 3 is 2.79 bits per heavy atom. The van der Waals surface area contributed by atoms with E-state index in [2.05, 4.69) is 5.16 Å². The number of carboxylic acid groups (broad SMARTS) is 1. The third kappa shape index (κ3) is 1.85. The van der Waals surface area contributed by atoms with Crippen LogP contribution in [-0.4, -0.2) is 34.6 Å². The lowest BCUT2D eigenvalue weighted by molar-refractivity contribution is 0.0686. The van der Waals surface area contributed by atoms with Gasteiger partial charge in [0.25, 0.3) is 0 Å². The normalized spacial score (nSPS) is 13.3. The van der Waals surface area contributed by atoms with Crippen LogP contribution in [0.4, 0.5) is 0 Å². The molecule has 3 rings (SSSR count). The molecule has 2 aromatic rings. The molecular formula is C12H9NO6. The average molecular weight is 263 g/mol. The Labute approximate surface area is 107 Å².